The van der Waals surface area contributed by atoms with Gasteiger partial charge in [-0.05, 0) is 31.9 Å². The molecule has 15 heavy (non-hydrogen) atoms. The average molecular weight is 204 g/mol. The summed E-state index contributed by atoms with van der Waals surface area (Å²) in [6.07, 6.45) is 2.75. The Morgan fingerprint density at radius 2 is 2.20 bits per heavy atom. The lowest BCUT2D eigenvalue weighted by Gasteiger charge is -2.07. The van der Waals surface area contributed by atoms with Gasteiger partial charge in [-0.15, -0.1) is 0 Å². The van der Waals surface area contributed by atoms with Gasteiger partial charge in [0.2, 0.25) is 5.78 Å². The fourth-order valence-corrected chi connectivity index (χ4v) is 1.90. The van der Waals surface area contributed by atoms with E-state index in [1.54, 1.807) is 0 Å². The van der Waals surface area contributed by atoms with Crippen molar-refractivity contribution in [2.45, 2.75) is 39.2 Å². The molecule has 0 spiro atoms. The maximum Gasteiger partial charge on any atom is 0.207 e. The minimum Gasteiger partial charge on any atom is -0.482 e. The predicted octanol–water partition coefficient (Wildman–Crippen LogP) is 3.13. The van der Waals surface area contributed by atoms with Crippen molar-refractivity contribution in [1.29, 1.82) is 0 Å². The Bertz CT molecular complexity index is 382. The fraction of sp³-hybridized carbons (Fsp3) is 0.462. The van der Waals surface area contributed by atoms with Gasteiger partial charge in [-0.3, -0.25) is 4.79 Å². The SMILES string of the molecule is CCCCC1Oc2ccc(C)cc2C1=O. The summed E-state index contributed by atoms with van der Waals surface area (Å²) < 4.78 is 5.63. The van der Waals surface area contributed by atoms with Gasteiger partial charge in [0.15, 0.2) is 6.10 Å². The van der Waals surface area contributed by atoms with E-state index in [2.05, 4.69) is 6.92 Å². The van der Waals surface area contributed by atoms with Crippen molar-refractivity contribution in [2.75, 3.05) is 0 Å². The maximum atomic E-state index is 11.9. The Kier molecular flexibility index (Phi) is 2.76. The van der Waals surface area contributed by atoms with E-state index < -0.39 is 0 Å². The molecule has 2 nitrogen and oxygen atoms in total. The Labute approximate surface area is 90.3 Å². The highest BCUT2D eigenvalue weighted by Gasteiger charge is 2.31. The summed E-state index contributed by atoms with van der Waals surface area (Å²) in [6.45, 7) is 4.11. The molecule has 2 rings (SSSR count). The van der Waals surface area contributed by atoms with Crippen LogP contribution in [0.15, 0.2) is 18.2 Å². The van der Waals surface area contributed by atoms with Gasteiger partial charge in [-0.2, -0.15) is 0 Å². The summed E-state index contributed by atoms with van der Waals surface area (Å²) in [4.78, 5) is 11.9. The lowest BCUT2D eigenvalue weighted by Crippen LogP contribution is -2.19. The van der Waals surface area contributed by atoms with Crippen molar-refractivity contribution in [3.05, 3.63) is 29.3 Å². The summed E-state index contributed by atoms with van der Waals surface area (Å²) in [5.41, 5.74) is 1.87. The first kappa shape index (κ1) is 10.2. The Morgan fingerprint density at radius 3 is 2.93 bits per heavy atom. The molecular formula is C13H16O2. The molecule has 1 aromatic rings. The summed E-state index contributed by atoms with van der Waals surface area (Å²) in [5.74, 6) is 0.911. The molecule has 1 unspecified atom stereocenters. The molecule has 0 saturated heterocycles. The molecule has 1 heterocycles. The third kappa shape index (κ3) is 1.89. The number of hydrogen-bond acceptors (Lipinski definition) is 2. The van der Waals surface area contributed by atoms with E-state index in [-0.39, 0.29) is 11.9 Å². The maximum absolute atomic E-state index is 11.9. The smallest absolute Gasteiger partial charge is 0.207 e. The van der Waals surface area contributed by atoms with E-state index in [0.717, 1.165) is 36.1 Å². The van der Waals surface area contributed by atoms with Crippen LogP contribution in [0, 0.1) is 6.92 Å². The number of benzene rings is 1. The van der Waals surface area contributed by atoms with E-state index in [9.17, 15) is 4.79 Å². The van der Waals surface area contributed by atoms with E-state index in [1.165, 1.54) is 0 Å². The average Bonchev–Trinajstić information content (AvgIpc) is 2.53. The second-order valence-corrected chi connectivity index (χ2v) is 4.11. The highest BCUT2D eigenvalue weighted by Crippen LogP contribution is 2.31. The van der Waals surface area contributed by atoms with Gasteiger partial charge in [0.25, 0.3) is 0 Å². The molecule has 0 aromatic heterocycles. The number of carbonyl (C=O) groups is 1. The molecule has 0 amide bonds. The Balaban J connectivity index is 2.18. The quantitative estimate of drug-likeness (QED) is 0.756. The second-order valence-electron chi connectivity index (χ2n) is 4.11. The molecular weight excluding hydrogens is 188 g/mol. The van der Waals surface area contributed by atoms with Crippen LogP contribution in [0.1, 0.15) is 42.1 Å². The number of carbonyl (C=O) groups excluding carboxylic acids is 1. The highest BCUT2D eigenvalue weighted by atomic mass is 16.5. The summed E-state index contributed by atoms with van der Waals surface area (Å²) >= 11 is 0. The minimum absolute atomic E-state index is 0.155. The van der Waals surface area contributed by atoms with Crippen LogP contribution in [0.4, 0.5) is 0 Å². The molecule has 1 aliphatic heterocycles. The normalized spacial score (nSPS) is 18.8. The molecule has 0 aliphatic carbocycles. The first-order valence-electron chi connectivity index (χ1n) is 5.54. The highest BCUT2D eigenvalue weighted by molar-refractivity contribution is 6.04. The number of fused-ring (bicyclic) bond motifs is 1. The molecule has 1 atom stereocenters. The van der Waals surface area contributed by atoms with Gasteiger partial charge >= 0.3 is 0 Å². The zero-order valence-electron chi connectivity index (χ0n) is 9.25. The van der Waals surface area contributed by atoms with E-state index in [1.807, 2.05) is 25.1 Å². The van der Waals surface area contributed by atoms with E-state index in [0.29, 0.717) is 0 Å². The molecule has 0 bridgehead atoms. The molecule has 0 fully saturated rings. The van der Waals surface area contributed by atoms with Crippen LogP contribution in [0.5, 0.6) is 5.75 Å². The van der Waals surface area contributed by atoms with Gasteiger partial charge < -0.3 is 4.74 Å². The molecule has 2 heteroatoms. The van der Waals surface area contributed by atoms with Crippen LogP contribution in [-0.4, -0.2) is 11.9 Å². The molecule has 1 aromatic carbocycles. The van der Waals surface area contributed by atoms with Gasteiger partial charge in [0.05, 0.1) is 5.56 Å². The van der Waals surface area contributed by atoms with Crippen molar-refractivity contribution in [3.63, 3.8) is 0 Å². The number of Topliss-reactive ketones (excluding diaryl/α,β-unsaturated/α-hetero) is 1. The number of ether oxygens (including phenoxy) is 1. The van der Waals surface area contributed by atoms with E-state index >= 15 is 0 Å². The molecule has 0 radical (unpaired) electrons. The van der Waals surface area contributed by atoms with Crippen molar-refractivity contribution < 1.29 is 9.53 Å². The zero-order chi connectivity index (χ0) is 10.8. The van der Waals surface area contributed by atoms with Crippen LogP contribution in [0.2, 0.25) is 0 Å². The van der Waals surface area contributed by atoms with Gasteiger partial charge in [-0.25, -0.2) is 0 Å². The van der Waals surface area contributed by atoms with Gasteiger partial charge in [0.1, 0.15) is 5.75 Å². The third-order valence-corrected chi connectivity index (χ3v) is 2.78. The van der Waals surface area contributed by atoms with Gasteiger partial charge in [-0.1, -0.05) is 25.0 Å². The number of hydrogen-bond donors (Lipinski definition) is 0. The lowest BCUT2D eigenvalue weighted by atomic mass is 10.0. The van der Waals surface area contributed by atoms with Gasteiger partial charge in [0, 0.05) is 0 Å². The first-order valence-corrected chi connectivity index (χ1v) is 5.54. The zero-order valence-corrected chi connectivity index (χ0v) is 9.25. The van der Waals surface area contributed by atoms with Crippen LogP contribution in [0.25, 0.3) is 0 Å². The number of ketones is 1. The fourth-order valence-electron chi connectivity index (χ4n) is 1.90. The largest absolute Gasteiger partial charge is 0.482 e. The third-order valence-electron chi connectivity index (χ3n) is 2.78. The molecule has 1 aliphatic rings. The van der Waals surface area contributed by atoms with Crippen molar-refractivity contribution >= 4 is 5.78 Å². The van der Waals surface area contributed by atoms with Crippen LogP contribution in [0.3, 0.4) is 0 Å². The number of unbranched alkanes of at least 4 members (excludes halogenated alkanes) is 1. The first-order chi connectivity index (χ1) is 7.22. The topological polar surface area (TPSA) is 26.3 Å². The predicted molar refractivity (Wildman–Crippen MR) is 59.5 cm³/mol. The van der Waals surface area contributed by atoms with Crippen molar-refractivity contribution in [2.24, 2.45) is 0 Å². The summed E-state index contributed by atoms with van der Waals surface area (Å²) in [5, 5.41) is 0. The van der Waals surface area contributed by atoms with Crippen molar-refractivity contribution in [3.8, 4) is 5.75 Å². The number of aryl methyl sites for hydroxylation is 1. The summed E-state index contributed by atoms with van der Waals surface area (Å²) in [6, 6.07) is 5.80. The summed E-state index contributed by atoms with van der Waals surface area (Å²) in [7, 11) is 0. The Morgan fingerprint density at radius 1 is 1.40 bits per heavy atom. The second kappa shape index (κ2) is 4.05. The lowest BCUT2D eigenvalue weighted by molar-refractivity contribution is 0.0843. The van der Waals surface area contributed by atoms with E-state index in [4.69, 9.17) is 4.74 Å². The van der Waals surface area contributed by atoms with Crippen molar-refractivity contribution in [1.82, 2.24) is 0 Å². The van der Waals surface area contributed by atoms with Crippen LogP contribution < -0.4 is 4.74 Å². The monoisotopic (exact) mass is 204 g/mol. The molecule has 80 valence electrons. The minimum atomic E-state index is -0.234. The number of rotatable bonds is 3. The van der Waals surface area contributed by atoms with Crippen LogP contribution >= 0.6 is 0 Å². The molecule has 0 saturated carbocycles. The Hall–Kier alpha value is -1.31. The molecule has 0 N–H and O–H groups in total. The standard InChI is InChI=1S/C13H16O2/c1-3-4-5-12-13(14)10-8-9(2)6-7-11(10)15-12/h6-8,12H,3-5H2,1-2H3. The van der Waals surface area contributed by atoms with Crippen LogP contribution in [-0.2, 0) is 0 Å².